The first-order valence-electron chi connectivity index (χ1n) is 10.3. The summed E-state index contributed by atoms with van der Waals surface area (Å²) in [5, 5.41) is 9.24. The van der Waals surface area contributed by atoms with E-state index in [1.165, 1.54) is 63.9 Å². The number of aryl methyl sites for hydroxylation is 1. The van der Waals surface area contributed by atoms with Gasteiger partial charge in [-0.2, -0.15) is 0 Å². The number of benzene rings is 4. The van der Waals surface area contributed by atoms with Crippen LogP contribution in [0.5, 0.6) is 0 Å². The second kappa shape index (κ2) is 6.32. The first kappa shape index (κ1) is 17.5. The van der Waals surface area contributed by atoms with E-state index in [2.05, 4.69) is 97.9 Å². The van der Waals surface area contributed by atoms with Crippen molar-refractivity contribution in [1.82, 2.24) is 4.57 Å². The molecule has 0 aliphatic heterocycles. The van der Waals surface area contributed by atoms with E-state index >= 15 is 0 Å². The second-order valence-electron chi connectivity index (χ2n) is 7.80. The van der Waals surface area contributed by atoms with E-state index in [9.17, 15) is 0 Å². The highest BCUT2D eigenvalue weighted by Crippen LogP contribution is 2.48. The van der Waals surface area contributed by atoms with Crippen molar-refractivity contribution in [3.8, 4) is 0 Å². The molecule has 144 valence electrons. The molecule has 0 N–H and O–H groups in total. The molecule has 0 aliphatic rings. The highest BCUT2D eigenvalue weighted by atomic mass is 32.1. The minimum Gasteiger partial charge on any atom is -0.342 e. The summed E-state index contributed by atoms with van der Waals surface area (Å²) in [6.45, 7) is 6.27. The van der Waals surface area contributed by atoms with Crippen LogP contribution in [0.15, 0.2) is 73.3 Å². The smallest absolute Gasteiger partial charge is 0.0676 e. The lowest BCUT2D eigenvalue weighted by Gasteiger charge is -2.10. The predicted octanol–water partition coefficient (Wildman–Crippen LogP) is 8.53. The summed E-state index contributed by atoms with van der Waals surface area (Å²) in [5.41, 5.74) is 3.83. The first-order valence-corrected chi connectivity index (χ1v) is 11.1. The third-order valence-corrected chi connectivity index (χ3v) is 7.44. The van der Waals surface area contributed by atoms with Crippen LogP contribution in [0.3, 0.4) is 0 Å². The fourth-order valence-corrected chi connectivity index (χ4v) is 6.40. The molecule has 0 spiro atoms. The third-order valence-electron chi connectivity index (χ3n) is 6.27. The summed E-state index contributed by atoms with van der Waals surface area (Å²) in [5.74, 6) is 0. The number of nitrogens with zero attached hydrogens (tertiary/aromatic N) is 1. The second-order valence-corrected chi connectivity index (χ2v) is 8.85. The van der Waals surface area contributed by atoms with Gasteiger partial charge in [-0.3, -0.25) is 0 Å². The topological polar surface area (TPSA) is 4.93 Å². The van der Waals surface area contributed by atoms with Gasteiger partial charge in [-0.25, -0.2) is 0 Å². The molecule has 30 heavy (non-hydrogen) atoms. The standard InChI is InChI=1S/C28H21NS/c1-4-10-23-18(5-2)26-24-19-12-7-6-11-17(19)15-16-21(24)25-20-13-8-9-14-22(20)29(3)27(25)28(26)30-23/h4-16H,2H2,1,3H3/b10-4-. The van der Waals surface area contributed by atoms with Crippen LogP contribution in [0.2, 0.25) is 0 Å². The lowest BCUT2D eigenvalue weighted by atomic mass is 9.93. The van der Waals surface area contributed by atoms with Gasteiger partial charge in [0.15, 0.2) is 0 Å². The molecule has 2 aromatic heterocycles. The van der Waals surface area contributed by atoms with Crippen LogP contribution < -0.4 is 0 Å². The van der Waals surface area contributed by atoms with Crippen molar-refractivity contribution < 1.29 is 0 Å². The van der Waals surface area contributed by atoms with Crippen LogP contribution in [-0.2, 0) is 7.05 Å². The van der Waals surface area contributed by atoms with E-state index in [-0.39, 0.29) is 0 Å². The number of hydrogen-bond donors (Lipinski definition) is 0. The van der Waals surface area contributed by atoms with Gasteiger partial charge in [0.25, 0.3) is 0 Å². The number of rotatable bonds is 2. The van der Waals surface area contributed by atoms with Crippen LogP contribution in [0.4, 0.5) is 0 Å². The van der Waals surface area contributed by atoms with Gasteiger partial charge < -0.3 is 4.57 Å². The van der Waals surface area contributed by atoms with Crippen LogP contribution in [0.25, 0.3) is 65.6 Å². The van der Waals surface area contributed by atoms with Gasteiger partial charge in [-0.1, -0.05) is 73.3 Å². The maximum atomic E-state index is 4.19. The summed E-state index contributed by atoms with van der Waals surface area (Å²) >= 11 is 1.88. The zero-order chi connectivity index (χ0) is 20.4. The molecule has 6 rings (SSSR count). The Bertz CT molecular complexity index is 1670. The molecule has 2 heterocycles. The number of fused-ring (bicyclic) bond motifs is 10. The van der Waals surface area contributed by atoms with Gasteiger partial charge in [-0.15, -0.1) is 11.3 Å². The Morgan fingerprint density at radius 3 is 2.40 bits per heavy atom. The fourth-order valence-electron chi connectivity index (χ4n) is 5.04. The zero-order valence-electron chi connectivity index (χ0n) is 17.1. The average molecular weight is 404 g/mol. The Morgan fingerprint density at radius 1 is 0.833 bits per heavy atom. The van der Waals surface area contributed by atoms with Crippen molar-refractivity contribution in [2.45, 2.75) is 6.92 Å². The number of allylic oxidation sites excluding steroid dienone is 1. The van der Waals surface area contributed by atoms with Gasteiger partial charge in [0.1, 0.15) is 0 Å². The minimum absolute atomic E-state index is 1.24. The summed E-state index contributed by atoms with van der Waals surface area (Å²) in [7, 11) is 2.19. The van der Waals surface area contributed by atoms with Crippen LogP contribution >= 0.6 is 11.3 Å². The van der Waals surface area contributed by atoms with Gasteiger partial charge in [-0.05, 0) is 40.6 Å². The summed E-state index contributed by atoms with van der Waals surface area (Å²) in [6, 6.07) is 22.1. The summed E-state index contributed by atoms with van der Waals surface area (Å²) in [6.07, 6.45) is 6.37. The summed E-state index contributed by atoms with van der Waals surface area (Å²) in [4.78, 5) is 1.27. The van der Waals surface area contributed by atoms with Gasteiger partial charge in [0.2, 0.25) is 0 Å². The average Bonchev–Trinajstić information content (AvgIpc) is 3.29. The molecular weight excluding hydrogens is 382 g/mol. The first-order chi connectivity index (χ1) is 14.7. The number of aromatic nitrogens is 1. The third kappa shape index (κ3) is 2.12. The van der Waals surface area contributed by atoms with Crippen LogP contribution in [-0.4, -0.2) is 4.57 Å². The Kier molecular flexibility index (Phi) is 3.68. The highest BCUT2D eigenvalue weighted by molar-refractivity contribution is 7.21. The molecule has 1 nitrogen and oxygen atoms in total. The molecule has 0 saturated carbocycles. The SMILES string of the molecule is C=Cc1c(/C=C\C)sc2c1c1c3ccccc3ccc1c1c3ccccc3n(C)c21. The zero-order valence-corrected chi connectivity index (χ0v) is 17.9. The minimum atomic E-state index is 1.24. The molecule has 0 amide bonds. The molecule has 0 bridgehead atoms. The number of para-hydroxylation sites is 1. The Balaban J connectivity index is 2.07. The van der Waals surface area contributed by atoms with Gasteiger partial charge >= 0.3 is 0 Å². The van der Waals surface area contributed by atoms with Crippen molar-refractivity contribution in [2.24, 2.45) is 7.05 Å². The van der Waals surface area contributed by atoms with Crippen LogP contribution in [0, 0.1) is 0 Å². The largest absolute Gasteiger partial charge is 0.342 e. The fraction of sp³-hybridized carbons (Fsp3) is 0.0714. The van der Waals surface area contributed by atoms with Crippen molar-refractivity contribution in [3.63, 3.8) is 0 Å². The molecule has 0 radical (unpaired) electrons. The van der Waals surface area contributed by atoms with Crippen LogP contribution in [0.1, 0.15) is 17.4 Å². The molecule has 0 saturated heterocycles. The van der Waals surface area contributed by atoms with Crippen molar-refractivity contribution >= 4 is 76.9 Å². The van der Waals surface area contributed by atoms with E-state index in [4.69, 9.17) is 0 Å². The maximum absolute atomic E-state index is 4.19. The summed E-state index contributed by atoms with van der Waals surface area (Å²) < 4.78 is 3.71. The van der Waals surface area contributed by atoms with E-state index in [0.717, 1.165) is 0 Å². The predicted molar refractivity (Wildman–Crippen MR) is 136 cm³/mol. The lowest BCUT2D eigenvalue weighted by Crippen LogP contribution is -1.88. The normalized spacial score (nSPS) is 12.3. The van der Waals surface area contributed by atoms with Gasteiger partial charge in [0, 0.05) is 39.2 Å². The molecule has 2 heteroatoms. The van der Waals surface area contributed by atoms with E-state index in [0.29, 0.717) is 0 Å². The van der Waals surface area contributed by atoms with E-state index in [1.54, 1.807) is 0 Å². The van der Waals surface area contributed by atoms with Crippen molar-refractivity contribution in [1.29, 1.82) is 0 Å². The van der Waals surface area contributed by atoms with Crippen molar-refractivity contribution in [3.05, 3.63) is 83.8 Å². The Morgan fingerprint density at radius 2 is 1.60 bits per heavy atom. The molecule has 0 unspecified atom stereocenters. The van der Waals surface area contributed by atoms with E-state index < -0.39 is 0 Å². The molecule has 4 aromatic carbocycles. The molecule has 6 aromatic rings. The quantitative estimate of drug-likeness (QED) is 0.255. The Hall–Kier alpha value is -3.36. The number of thiophene rings is 1. The molecule has 0 aliphatic carbocycles. The van der Waals surface area contributed by atoms with Gasteiger partial charge in [0.05, 0.1) is 10.2 Å². The number of hydrogen-bond acceptors (Lipinski definition) is 1. The molecule has 0 fully saturated rings. The highest BCUT2D eigenvalue weighted by Gasteiger charge is 2.21. The molecular formula is C28H21NS. The molecule has 0 atom stereocenters. The Labute approximate surface area is 179 Å². The maximum Gasteiger partial charge on any atom is 0.0676 e. The lowest BCUT2D eigenvalue weighted by molar-refractivity contribution is 1.02. The monoisotopic (exact) mass is 403 g/mol. The van der Waals surface area contributed by atoms with E-state index in [1.807, 2.05) is 17.4 Å². The van der Waals surface area contributed by atoms with Crippen molar-refractivity contribution in [2.75, 3.05) is 0 Å².